The van der Waals surface area contributed by atoms with Gasteiger partial charge in [0.2, 0.25) is 0 Å². The summed E-state index contributed by atoms with van der Waals surface area (Å²) in [6.07, 6.45) is 0.970. The zero-order valence-electron chi connectivity index (χ0n) is 16.0. The van der Waals surface area contributed by atoms with Crippen molar-refractivity contribution in [3.05, 3.63) is 62.0 Å². The molecule has 2 heterocycles. The number of aromatic amines is 1. The Morgan fingerprint density at radius 1 is 1.29 bits per heavy atom. The topological polar surface area (TPSA) is 84.1 Å². The number of anilines is 1. The highest BCUT2D eigenvalue weighted by atomic mass is 35.5. The number of H-pyrrole nitrogens is 1. The molecule has 1 atom stereocenters. The summed E-state index contributed by atoms with van der Waals surface area (Å²) in [5.41, 5.74) is 1.92. The summed E-state index contributed by atoms with van der Waals surface area (Å²) in [6, 6.07) is 7.11. The monoisotopic (exact) mass is 419 g/mol. The highest BCUT2D eigenvalue weighted by Gasteiger charge is 2.36. The lowest BCUT2D eigenvalue weighted by Gasteiger charge is -2.28. The van der Waals surface area contributed by atoms with Crippen molar-refractivity contribution in [2.24, 2.45) is 0 Å². The Morgan fingerprint density at radius 3 is 2.64 bits per heavy atom. The molecule has 1 aliphatic heterocycles. The number of esters is 1. The fourth-order valence-corrected chi connectivity index (χ4v) is 4.01. The molecule has 0 spiro atoms. The average Bonchev–Trinajstić information content (AvgIpc) is 2.66. The molecule has 3 rings (SSSR count). The highest BCUT2D eigenvalue weighted by molar-refractivity contribution is 7.99. The molecule has 0 amide bonds. The molecule has 8 heteroatoms. The van der Waals surface area contributed by atoms with Crippen LogP contribution in [0, 0.1) is 0 Å². The number of carbonyl (C=O) groups excluding carboxylic acids is 1. The molecule has 0 bridgehead atoms. The maximum Gasteiger partial charge on any atom is 0.336 e. The maximum absolute atomic E-state index is 13.0. The van der Waals surface area contributed by atoms with E-state index in [0.29, 0.717) is 32.8 Å². The lowest BCUT2D eigenvalue weighted by atomic mass is 9.82. The molecule has 6 nitrogen and oxygen atoms in total. The molecule has 2 N–H and O–H groups in total. The van der Waals surface area contributed by atoms with Crippen LogP contribution < -0.4 is 10.9 Å². The van der Waals surface area contributed by atoms with Gasteiger partial charge in [-0.05, 0) is 38.0 Å². The smallest absolute Gasteiger partial charge is 0.336 e. The van der Waals surface area contributed by atoms with E-state index < -0.39 is 11.9 Å². The summed E-state index contributed by atoms with van der Waals surface area (Å²) in [4.78, 5) is 33.1. The fourth-order valence-electron chi connectivity index (χ4n) is 3.17. The quantitative estimate of drug-likeness (QED) is 0.412. The molecule has 148 valence electrons. The zero-order chi connectivity index (χ0) is 20.3. The fraction of sp³-hybridized carbons (Fsp3) is 0.350. The predicted molar refractivity (Wildman–Crippen MR) is 112 cm³/mol. The van der Waals surface area contributed by atoms with Gasteiger partial charge in [0.05, 0.1) is 23.7 Å². The third kappa shape index (κ3) is 4.10. The van der Waals surface area contributed by atoms with Crippen molar-refractivity contribution in [1.82, 2.24) is 9.97 Å². The number of hydrogen-bond donors (Lipinski definition) is 2. The molecule has 28 heavy (non-hydrogen) atoms. The number of thioether (sulfide) groups is 1. The number of aromatic nitrogens is 2. The van der Waals surface area contributed by atoms with Gasteiger partial charge in [-0.15, -0.1) is 0 Å². The summed E-state index contributed by atoms with van der Waals surface area (Å²) in [5, 5.41) is 4.26. The molecule has 0 radical (unpaired) electrons. The SMILES string of the molecule is CCCSc1nc2c(c(=O)[nH]1)[C@@H](c1ccc(Cl)cc1)C(C(=O)OCC)=C(C)N2. The lowest BCUT2D eigenvalue weighted by Crippen LogP contribution is -2.31. The van der Waals surface area contributed by atoms with E-state index in [1.54, 1.807) is 26.0 Å². The first-order chi connectivity index (χ1) is 13.5. The molecule has 1 aromatic carbocycles. The Labute approximate surface area is 172 Å². The number of allylic oxidation sites excluding steroid dienone is 1. The number of halogens is 1. The van der Waals surface area contributed by atoms with Gasteiger partial charge < -0.3 is 15.0 Å². The Hall–Kier alpha value is -2.25. The minimum atomic E-state index is -0.589. The summed E-state index contributed by atoms with van der Waals surface area (Å²) >= 11 is 7.52. The van der Waals surface area contributed by atoms with E-state index in [1.165, 1.54) is 11.8 Å². The van der Waals surface area contributed by atoms with Crippen LogP contribution in [0.3, 0.4) is 0 Å². The number of hydrogen-bond acceptors (Lipinski definition) is 6. The van der Waals surface area contributed by atoms with E-state index in [1.807, 2.05) is 12.1 Å². The number of nitrogens with one attached hydrogen (secondary N) is 2. The molecule has 0 fully saturated rings. The van der Waals surface area contributed by atoms with Crippen LogP contribution in [0.15, 0.2) is 45.5 Å². The number of ether oxygens (including phenoxy) is 1. The maximum atomic E-state index is 13.0. The first-order valence-corrected chi connectivity index (χ1v) is 10.5. The van der Waals surface area contributed by atoms with Crippen LogP contribution in [0.2, 0.25) is 5.02 Å². The molecule has 1 aromatic heterocycles. The average molecular weight is 420 g/mol. The summed E-state index contributed by atoms with van der Waals surface area (Å²) < 4.78 is 5.26. The molecule has 0 saturated heterocycles. The van der Waals surface area contributed by atoms with Crippen molar-refractivity contribution in [2.75, 3.05) is 17.7 Å². The van der Waals surface area contributed by atoms with Crippen molar-refractivity contribution in [3.63, 3.8) is 0 Å². The van der Waals surface area contributed by atoms with Gasteiger partial charge in [0.15, 0.2) is 5.16 Å². The van der Waals surface area contributed by atoms with Crippen molar-refractivity contribution in [1.29, 1.82) is 0 Å². The number of carbonyl (C=O) groups is 1. The Morgan fingerprint density at radius 2 is 2.00 bits per heavy atom. The van der Waals surface area contributed by atoms with Gasteiger partial charge in [0.25, 0.3) is 5.56 Å². The van der Waals surface area contributed by atoms with Crippen molar-refractivity contribution >= 4 is 35.1 Å². The predicted octanol–water partition coefficient (Wildman–Crippen LogP) is 4.32. The third-order valence-corrected chi connectivity index (χ3v) is 5.69. The first kappa shape index (κ1) is 20.5. The van der Waals surface area contributed by atoms with E-state index in [2.05, 4.69) is 22.2 Å². The van der Waals surface area contributed by atoms with Crippen molar-refractivity contribution < 1.29 is 9.53 Å². The van der Waals surface area contributed by atoms with Gasteiger partial charge in [-0.25, -0.2) is 9.78 Å². The Kier molecular flexibility index (Phi) is 6.46. The minimum absolute atomic E-state index is 0.247. The van der Waals surface area contributed by atoms with Crippen LogP contribution in [0.1, 0.15) is 44.2 Å². The molecular weight excluding hydrogens is 398 g/mol. The van der Waals surface area contributed by atoms with E-state index in [9.17, 15) is 9.59 Å². The van der Waals surface area contributed by atoms with E-state index >= 15 is 0 Å². The van der Waals surface area contributed by atoms with Gasteiger partial charge in [0.1, 0.15) is 5.82 Å². The minimum Gasteiger partial charge on any atom is -0.463 e. The summed E-state index contributed by atoms with van der Waals surface area (Å²) in [7, 11) is 0. The number of fused-ring (bicyclic) bond motifs is 1. The van der Waals surface area contributed by atoms with Crippen molar-refractivity contribution in [2.45, 2.75) is 38.3 Å². The van der Waals surface area contributed by atoms with Crippen LogP contribution in [-0.4, -0.2) is 28.3 Å². The van der Waals surface area contributed by atoms with E-state index in [0.717, 1.165) is 17.7 Å². The van der Waals surface area contributed by atoms with Crippen LogP contribution in [-0.2, 0) is 9.53 Å². The van der Waals surface area contributed by atoms with Gasteiger partial charge in [0, 0.05) is 16.5 Å². The summed E-state index contributed by atoms with van der Waals surface area (Å²) in [6.45, 7) is 5.86. The second kappa shape index (κ2) is 8.84. The molecule has 0 unspecified atom stereocenters. The van der Waals surface area contributed by atoms with Gasteiger partial charge in [-0.3, -0.25) is 4.79 Å². The second-order valence-electron chi connectivity index (χ2n) is 6.35. The third-order valence-electron chi connectivity index (χ3n) is 4.36. The molecule has 0 aliphatic carbocycles. The first-order valence-electron chi connectivity index (χ1n) is 9.13. The van der Waals surface area contributed by atoms with Crippen LogP contribution >= 0.6 is 23.4 Å². The molecule has 0 saturated carbocycles. The molecular formula is C20H22ClN3O3S. The van der Waals surface area contributed by atoms with Crippen LogP contribution in [0.4, 0.5) is 5.82 Å². The highest BCUT2D eigenvalue weighted by Crippen LogP contribution is 2.40. The standard InChI is InChI=1S/C20H22ClN3O3S/c1-4-10-28-20-23-17-16(18(25)24-20)15(12-6-8-13(21)9-7-12)14(11(3)22-17)19(26)27-5-2/h6-9,15H,4-5,10H2,1-3H3,(H2,22,23,24,25)/t15-/m0/s1. The Bertz CT molecular complexity index is 970. The summed E-state index contributed by atoms with van der Waals surface area (Å²) in [5.74, 6) is 0.273. The normalized spacial score (nSPS) is 15.8. The zero-order valence-corrected chi connectivity index (χ0v) is 17.5. The van der Waals surface area contributed by atoms with E-state index in [-0.39, 0.29) is 12.2 Å². The second-order valence-corrected chi connectivity index (χ2v) is 7.87. The van der Waals surface area contributed by atoms with Crippen molar-refractivity contribution in [3.8, 4) is 0 Å². The number of rotatable bonds is 6. The Balaban J connectivity index is 2.18. The van der Waals surface area contributed by atoms with Gasteiger partial charge >= 0.3 is 5.97 Å². The molecule has 1 aliphatic rings. The van der Waals surface area contributed by atoms with E-state index in [4.69, 9.17) is 16.3 Å². The number of benzene rings is 1. The largest absolute Gasteiger partial charge is 0.463 e. The lowest BCUT2D eigenvalue weighted by molar-refractivity contribution is -0.138. The number of nitrogens with zero attached hydrogens (tertiary/aromatic N) is 1. The van der Waals surface area contributed by atoms with Gasteiger partial charge in [-0.1, -0.05) is 42.4 Å². The van der Waals surface area contributed by atoms with Crippen LogP contribution in [0.25, 0.3) is 0 Å². The van der Waals surface area contributed by atoms with Crippen LogP contribution in [0.5, 0.6) is 0 Å². The molecule has 2 aromatic rings. The van der Waals surface area contributed by atoms with Gasteiger partial charge in [-0.2, -0.15) is 0 Å².